The number of halogens is 1. The lowest BCUT2D eigenvalue weighted by Gasteiger charge is -2.15. The molecule has 19 heavy (non-hydrogen) atoms. The largest absolute Gasteiger partial charge is 0.354 e. The summed E-state index contributed by atoms with van der Waals surface area (Å²) in [5.41, 5.74) is 0.774. The van der Waals surface area contributed by atoms with E-state index in [1.54, 1.807) is 6.07 Å². The van der Waals surface area contributed by atoms with Crippen LogP contribution < -0.4 is 10.6 Å². The molecule has 1 unspecified atom stereocenters. The van der Waals surface area contributed by atoms with Gasteiger partial charge in [-0.25, -0.2) is 0 Å². The van der Waals surface area contributed by atoms with Gasteiger partial charge in [0.25, 0.3) is 0 Å². The minimum Gasteiger partial charge on any atom is -0.354 e. The van der Waals surface area contributed by atoms with Gasteiger partial charge in [-0.15, -0.1) is 0 Å². The number of hydrogen-bond acceptors (Lipinski definition) is 2. The summed E-state index contributed by atoms with van der Waals surface area (Å²) in [5.74, 6) is -0.264. The van der Waals surface area contributed by atoms with Crippen LogP contribution in [0.1, 0.15) is 24.8 Å². The van der Waals surface area contributed by atoms with Crippen LogP contribution in [0.3, 0.4) is 0 Å². The summed E-state index contributed by atoms with van der Waals surface area (Å²) >= 11 is 6.01. The van der Waals surface area contributed by atoms with Gasteiger partial charge >= 0.3 is 0 Å². The van der Waals surface area contributed by atoms with Gasteiger partial charge in [0.15, 0.2) is 0 Å². The Balaban J connectivity index is 1.93. The molecule has 2 rings (SSSR count). The van der Waals surface area contributed by atoms with E-state index < -0.39 is 6.04 Å². The second-order valence-electron chi connectivity index (χ2n) is 4.68. The molecule has 0 bridgehead atoms. The van der Waals surface area contributed by atoms with Crippen LogP contribution in [-0.4, -0.2) is 24.4 Å². The van der Waals surface area contributed by atoms with Gasteiger partial charge in [-0.05, 0) is 30.9 Å². The summed E-state index contributed by atoms with van der Waals surface area (Å²) < 4.78 is 0. The van der Waals surface area contributed by atoms with E-state index in [9.17, 15) is 9.59 Å². The van der Waals surface area contributed by atoms with Crippen molar-refractivity contribution in [2.45, 2.75) is 31.7 Å². The summed E-state index contributed by atoms with van der Waals surface area (Å²) in [6.07, 6.45) is 2.79. The van der Waals surface area contributed by atoms with Crippen molar-refractivity contribution >= 4 is 23.4 Å². The predicted molar refractivity (Wildman–Crippen MR) is 73.9 cm³/mol. The molecule has 1 aliphatic rings. The number of carbonyl (C=O) groups is 2. The first-order valence-electron chi connectivity index (χ1n) is 6.47. The van der Waals surface area contributed by atoms with Crippen LogP contribution in [0.4, 0.5) is 0 Å². The first-order valence-corrected chi connectivity index (χ1v) is 6.85. The van der Waals surface area contributed by atoms with E-state index in [0.29, 0.717) is 18.0 Å². The second-order valence-corrected chi connectivity index (χ2v) is 5.08. The van der Waals surface area contributed by atoms with Crippen molar-refractivity contribution in [1.82, 2.24) is 10.6 Å². The molecule has 5 heteroatoms. The highest BCUT2D eigenvalue weighted by molar-refractivity contribution is 6.31. The maximum Gasteiger partial charge on any atom is 0.242 e. The number of carbonyl (C=O) groups excluding carboxylic acids is 2. The number of rotatable bonds is 3. The molecule has 2 amide bonds. The Morgan fingerprint density at radius 1 is 1.37 bits per heavy atom. The first kappa shape index (κ1) is 13.9. The monoisotopic (exact) mass is 280 g/mol. The molecule has 1 fully saturated rings. The van der Waals surface area contributed by atoms with Gasteiger partial charge in [0.05, 0.1) is 6.42 Å². The van der Waals surface area contributed by atoms with Crippen LogP contribution in [-0.2, 0) is 16.0 Å². The van der Waals surface area contributed by atoms with Gasteiger partial charge in [0.1, 0.15) is 6.04 Å². The maximum atomic E-state index is 11.9. The normalized spacial score (nSPS) is 19.4. The van der Waals surface area contributed by atoms with Gasteiger partial charge < -0.3 is 10.6 Å². The molecule has 1 aliphatic heterocycles. The van der Waals surface area contributed by atoms with Crippen LogP contribution in [0.15, 0.2) is 24.3 Å². The topological polar surface area (TPSA) is 58.2 Å². The van der Waals surface area contributed by atoms with Crippen molar-refractivity contribution in [3.63, 3.8) is 0 Å². The molecule has 2 N–H and O–H groups in total. The summed E-state index contributed by atoms with van der Waals surface area (Å²) in [6.45, 7) is 0.690. The van der Waals surface area contributed by atoms with Gasteiger partial charge in [-0.3, -0.25) is 9.59 Å². The summed E-state index contributed by atoms with van der Waals surface area (Å²) in [4.78, 5) is 23.7. The molecule has 1 aromatic rings. The Bertz CT molecular complexity index is 476. The van der Waals surface area contributed by atoms with Crippen LogP contribution in [0.5, 0.6) is 0 Å². The minimum atomic E-state index is -0.419. The second kappa shape index (κ2) is 6.57. The molecule has 4 nitrogen and oxygen atoms in total. The molecule has 1 aromatic carbocycles. The maximum absolute atomic E-state index is 11.9. The van der Waals surface area contributed by atoms with Crippen molar-refractivity contribution in [3.05, 3.63) is 34.9 Å². The molecule has 0 radical (unpaired) electrons. The first-order chi connectivity index (χ1) is 9.16. The average molecular weight is 281 g/mol. The summed E-state index contributed by atoms with van der Waals surface area (Å²) in [7, 11) is 0. The van der Waals surface area contributed by atoms with Crippen molar-refractivity contribution in [1.29, 1.82) is 0 Å². The van der Waals surface area contributed by atoms with E-state index >= 15 is 0 Å². The van der Waals surface area contributed by atoms with E-state index in [0.717, 1.165) is 18.4 Å². The fraction of sp³-hybridized carbons (Fsp3) is 0.429. The molecule has 0 spiro atoms. The molecule has 0 aromatic heterocycles. The number of amides is 2. The van der Waals surface area contributed by atoms with Crippen LogP contribution >= 0.6 is 11.6 Å². The Kier molecular flexibility index (Phi) is 4.80. The quantitative estimate of drug-likeness (QED) is 0.885. The molecule has 0 aliphatic carbocycles. The smallest absolute Gasteiger partial charge is 0.242 e. The van der Waals surface area contributed by atoms with Crippen LogP contribution in [0.2, 0.25) is 5.02 Å². The van der Waals surface area contributed by atoms with Gasteiger partial charge in [0, 0.05) is 11.6 Å². The van der Waals surface area contributed by atoms with E-state index in [1.807, 2.05) is 18.2 Å². The predicted octanol–water partition coefficient (Wildman–Crippen LogP) is 1.67. The Hall–Kier alpha value is -1.55. The molecular weight excluding hydrogens is 264 g/mol. The molecule has 1 heterocycles. The van der Waals surface area contributed by atoms with E-state index in [1.165, 1.54) is 0 Å². The zero-order valence-electron chi connectivity index (χ0n) is 10.6. The number of benzene rings is 1. The number of nitrogens with one attached hydrogen (secondary N) is 2. The molecule has 1 saturated heterocycles. The lowest BCUT2D eigenvalue weighted by atomic mass is 10.1. The third-order valence-corrected chi connectivity index (χ3v) is 3.55. The SMILES string of the molecule is O=C(Cc1ccccc1Cl)NC1CCCCNC1=O. The Labute approximate surface area is 117 Å². The molecule has 102 valence electrons. The van der Waals surface area contributed by atoms with E-state index in [2.05, 4.69) is 10.6 Å². The van der Waals surface area contributed by atoms with Crippen molar-refractivity contribution < 1.29 is 9.59 Å². The van der Waals surface area contributed by atoms with Crippen molar-refractivity contribution in [2.24, 2.45) is 0 Å². The van der Waals surface area contributed by atoms with Crippen LogP contribution in [0.25, 0.3) is 0 Å². The fourth-order valence-electron chi connectivity index (χ4n) is 2.14. The highest BCUT2D eigenvalue weighted by Crippen LogP contribution is 2.15. The summed E-state index contributed by atoms with van der Waals surface area (Å²) in [5, 5.41) is 6.14. The molecular formula is C14H17ClN2O2. The molecule has 0 saturated carbocycles. The highest BCUT2D eigenvalue weighted by atomic mass is 35.5. The van der Waals surface area contributed by atoms with Gasteiger partial charge in [0.2, 0.25) is 11.8 Å². The average Bonchev–Trinajstić information content (AvgIpc) is 2.58. The number of hydrogen-bond donors (Lipinski definition) is 2. The molecule has 1 atom stereocenters. The lowest BCUT2D eigenvalue weighted by molar-refractivity contribution is -0.128. The van der Waals surface area contributed by atoms with E-state index in [4.69, 9.17) is 11.6 Å². The van der Waals surface area contributed by atoms with E-state index in [-0.39, 0.29) is 18.2 Å². The van der Waals surface area contributed by atoms with Gasteiger partial charge in [-0.1, -0.05) is 29.8 Å². The fourth-order valence-corrected chi connectivity index (χ4v) is 2.34. The summed E-state index contributed by atoms with van der Waals surface area (Å²) in [6, 6.07) is 6.81. The lowest BCUT2D eigenvalue weighted by Crippen LogP contribution is -2.45. The minimum absolute atomic E-state index is 0.0926. The standard InChI is InChI=1S/C14H17ClN2O2/c15-11-6-2-1-5-10(11)9-13(18)17-12-7-3-4-8-16-14(12)19/h1-2,5-6,12H,3-4,7-9H2,(H,16,19)(H,17,18). The zero-order valence-corrected chi connectivity index (χ0v) is 11.4. The van der Waals surface area contributed by atoms with Crippen LogP contribution in [0, 0.1) is 0 Å². The Morgan fingerprint density at radius 2 is 2.16 bits per heavy atom. The highest BCUT2D eigenvalue weighted by Gasteiger charge is 2.22. The third-order valence-electron chi connectivity index (χ3n) is 3.18. The Morgan fingerprint density at radius 3 is 2.95 bits per heavy atom. The third kappa shape index (κ3) is 3.96. The zero-order chi connectivity index (χ0) is 13.7. The van der Waals surface area contributed by atoms with Gasteiger partial charge in [-0.2, -0.15) is 0 Å². The van der Waals surface area contributed by atoms with Crippen molar-refractivity contribution in [2.75, 3.05) is 6.54 Å². The van der Waals surface area contributed by atoms with Crippen molar-refractivity contribution in [3.8, 4) is 0 Å².